The van der Waals surface area contributed by atoms with Gasteiger partial charge in [0.15, 0.2) is 0 Å². The highest BCUT2D eigenvalue weighted by atomic mass is 35.5. The molecule has 0 N–H and O–H groups in total. The molecule has 0 unspecified atom stereocenters. The van der Waals surface area contributed by atoms with Crippen molar-refractivity contribution in [2.75, 3.05) is 0 Å². The number of rotatable bonds is 10. The molecular weight excluding hydrogens is 431 g/mol. The zero-order valence-electron chi connectivity index (χ0n) is 19.2. The van der Waals surface area contributed by atoms with Crippen molar-refractivity contribution in [2.45, 2.75) is 58.3 Å². The van der Waals surface area contributed by atoms with Crippen LogP contribution < -0.4 is 0 Å². The second-order valence-corrected chi connectivity index (χ2v) is 9.12. The Morgan fingerprint density at radius 3 is 2.21 bits per heavy atom. The Bertz CT molecular complexity index is 1190. The summed E-state index contributed by atoms with van der Waals surface area (Å²) < 4.78 is 15.1. The summed E-state index contributed by atoms with van der Waals surface area (Å²) in [5.74, 6) is 0.744. The zero-order chi connectivity index (χ0) is 23.0. The molecule has 1 aromatic heterocycles. The molecule has 33 heavy (non-hydrogen) atoms. The van der Waals surface area contributed by atoms with Gasteiger partial charge in [0, 0.05) is 29.2 Å². The molecule has 170 valence electrons. The molecule has 0 bridgehead atoms. The van der Waals surface area contributed by atoms with Crippen LogP contribution in [0.25, 0.3) is 10.8 Å². The SMILES string of the molecule is CCCCCc1cnc(CCc2ccc3c(F)c(CCc4ccc(Cl)cc4)ccc3c2)nc1. The number of halogens is 2. The minimum atomic E-state index is -0.116. The fourth-order valence-corrected chi connectivity index (χ4v) is 4.27. The van der Waals surface area contributed by atoms with Crippen LogP contribution in [0.4, 0.5) is 4.39 Å². The molecule has 0 aliphatic rings. The Kier molecular flexibility index (Phi) is 8.06. The number of fused-ring (bicyclic) bond motifs is 1. The average molecular weight is 461 g/mol. The van der Waals surface area contributed by atoms with Gasteiger partial charge in [-0.3, -0.25) is 0 Å². The monoisotopic (exact) mass is 460 g/mol. The Labute approximate surface area is 200 Å². The van der Waals surface area contributed by atoms with Gasteiger partial charge in [-0.25, -0.2) is 14.4 Å². The van der Waals surface area contributed by atoms with Crippen molar-refractivity contribution in [1.82, 2.24) is 9.97 Å². The first-order chi connectivity index (χ1) is 16.1. The molecule has 0 aliphatic heterocycles. The second kappa shape index (κ2) is 11.4. The lowest BCUT2D eigenvalue weighted by Crippen LogP contribution is -2.00. The largest absolute Gasteiger partial charge is 0.241 e. The number of hydrogen-bond acceptors (Lipinski definition) is 2. The topological polar surface area (TPSA) is 25.8 Å². The molecule has 0 saturated heterocycles. The molecule has 0 spiro atoms. The Morgan fingerprint density at radius 1 is 0.727 bits per heavy atom. The first kappa shape index (κ1) is 23.4. The van der Waals surface area contributed by atoms with Crippen molar-refractivity contribution in [2.24, 2.45) is 0 Å². The Hall–Kier alpha value is -2.78. The molecule has 4 aromatic rings. The summed E-state index contributed by atoms with van der Waals surface area (Å²) in [4.78, 5) is 9.06. The lowest BCUT2D eigenvalue weighted by molar-refractivity contribution is 0.620. The number of benzene rings is 3. The molecule has 0 radical (unpaired) electrons. The van der Waals surface area contributed by atoms with E-state index in [1.807, 2.05) is 60.9 Å². The first-order valence-electron chi connectivity index (χ1n) is 11.9. The Balaban J connectivity index is 1.37. The van der Waals surface area contributed by atoms with E-state index in [0.29, 0.717) is 11.8 Å². The third-order valence-corrected chi connectivity index (χ3v) is 6.41. The van der Waals surface area contributed by atoms with Gasteiger partial charge in [0.2, 0.25) is 0 Å². The van der Waals surface area contributed by atoms with Gasteiger partial charge in [0.05, 0.1) is 0 Å². The van der Waals surface area contributed by atoms with E-state index in [1.165, 1.54) is 30.4 Å². The summed E-state index contributed by atoms with van der Waals surface area (Å²) in [6.07, 6.45) is 11.7. The van der Waals surface area contributed by atoms with Crippen LogP contribution in [0.2, 0.25) is 5.02 Å². The van der Waals surface area contributed by atoms with Crippen molar-refractivity contribution in [3.05, 3.63) is 106 Å². The highest BCUT2D eigenvalue weighted by molar-refractivity contribution is 6.30. The molecule has 3 aromatic carbocycles. The molecule has 1 heterocycles. The van der Waals surface area contributed by atoms with E-state index in [-0.39, 0.29) is 5.82 Å². The lowest BCUT2D eigenvalue weighted by Gasteiger charge is -2.09. The standard InChI is InChI=1S/C29H30ClFN2/c1-2-3-4-5-23-19-32-28(33-20-23)17-10-22-9-16-27-25(18-22)13-12-24(29(27)31)11-6-21-7-14-26(30)15-8-21/h7-9,12-16,18-20H,2-6,10-11,17H2,1H3. The van der Waals surface area contributed by atoms with Crippen molar-refractivity contribution in [3.8, 4) is 0 Å². The van der Waals surface area contributed by atoms with Crippen molar-refractivity contribution in [3.63, 3.8) is 0 Å². The molecule has 4 heteroatoms. The molecule has 0 fully saturated rings. The molecule has 4 rings (SSSR count). The van der Waals surface area contributed by atoms with Crippen LogP contribution in [0, 0.1) is 5.82 Å². The van der Waals surface area contributed by atoms with Crippen LogP contribution in [0.15, 0.2) is 67.0 Å². The van der Waals surface area contributed by atoms with Gasteiger partial charge in [-0.2, -0.15) is 0 Å². The van der Waals surface area contributed by atoms with Gasteiger partial charge >= 0.3 is 0 Å². The van der Waals surface area contributed by atoms with E-state index < -0.39 is 0 Å². The smallest absolute Gasteiger partial charge is 0.134 e. The summed E-state index contributed by atoms with van der Waals surface area (Å²) in [6.45, 7) is 2.21. The fraction of sp³-hybridized carbons (Fsp3) is 0.310. The molecule has 0 atom stereocenters. The minimum Gasteiger partial charge on any atom is -0.241 e. The number of aromatic nitrogens is 2. The summed E-state index contributed by atoms with van der Waals surface area (Å²) in [7, 11) is 0. The lowest BCUT2D eigenvalue weighted by atomic mass is 9.98. The van der Waals surface area contributed by atoms with E-state index in [0.717, 1.165) is 53.0 Å². The van der Waals surface area contributed by atoms with Gasteiger partial charge in [-0.05, 0) is 71.9 Å². The van der Waals surface area contributed by atoms with Crippen LogP contribution >= 0.6 is 11.6 Å². The van der Waals surface area contributed by atoms with E-state index in [9.17, 15) is 0 Å². The van der Waals surface area contributed by atoms with Crippen molar-refractivity contribution < 1.29 is 4.39 Å². The molecule has 0 aliphatic carbocycles. The maximum absolute atomic E-state index is 15.1. The van der Waals surface area contributed by atoms with Crippen molar-refractivity contribution in [1.29, 1.82) is 0 Å². The normalized spacial score (nSPS) is 11.2. The van der Waals surface area contributed by atoms with Gasteiger partial charge in [-0.1, -0.05) is 73.8 Å². The van der Waals surface area contributed by atoms with Crippen LogP contribution in [0.3, 0.4) is 0 Å². The minimum absolute atomic E-state index is 0.116. The summed E-state index contributed by atoms with van der Waals surface area (Å²) in [5, 5.41) is 2.34. The molecule has 2 nitrogen and oxygen atoms in total. The fourth-order valence-electron chi connectivity index (χ4n) is 4.14. The zero-order valence-corrected chi connectivity index (χ0v) is 19.9. The third kappa shape index (κ3) is 6.39. The Morgan fingerprint density at radius 2 is 1.45 bits per heavy atom. The van der Waals surface area contributed by atoms with Crippen molar-refractivity contribution >= 4 is 22.4 Å². The van der Waals surface area contributed by atoms with E-state index in [2.05, 4.69) is 23.0 Å². The van der Waals surface area contributed by atoms with Crippen LogP contribution in [-0.2, 0) is 32.1 Å². The van der Waals surface area contributed by atoms with Crippen LogP contribution in [0.1, 0.15) is 54.3 Å². The number of nitrogens with zero attached hydrogens (tertiary/aromatic N) is 2. The number of aryl methyl sites for hydroxylation is 5. The third-order valence-electron chi connectivity index (χ3n) is 6.16. The average Bonchev–Trinajstić information content (AvgIpc) is 2.84. The highest BCUT2D eigenvalue weighted by Gasteiger charge is 2.09. The van der Waals surface area contributed by atoms with Gasteiger partial charge < -0.3 is 0 Å². The predicted octanol–water partition coefficient (Wildman–Crippen LogP) is 7.73. The van der Waals surface area contributed by atoms with E-state index in [4.69, 9.17) is 11.6 Å². The maximum atomic E-state index is 15.1. The van der Waals surface area contributed by atoms with Crippen LogP contribution in [-0.4, -0.2) is 9.97 Å². The van der Waals surface area contributed by atoms with E-state index >= 15 is 4.39 Å². The maximum Gasteiger partial charge on any atom is 0.134 e. The number of hydrogen-bond donors (Lipinski definition) is 0. The predicted molar refractivity (Wildman–Crippen MR) is 135 cm³/mol. The summed E-state index contributed by atoms with van der Waals surface area (Å²) in [5.41, 5.74) is 4.29. The van der Waals surface area contributed by atoms with Crippen LogP contribution in [0.5, 0.6) is 0 Å². The number of unbranched alkanes of at least 4 members (excludes halogenated alkanes) is 2. The first-order valence-corrected chi connectivity index (χ1v) is 12.2. The second-order valence-electron chi connectivity index (χ2n) is 8.69. The summed E-state index contributed by atoms with van der Waals surface area (Å²) in [6, 6.07) is 17.7. The summed E-state index contributed by atoms with van der Waals surface area (Å²) >= 11 is 5.95. The molecular formula is C29H30ClFN2. The highest BCUT2D eigenvalue weighted by Crippen LogP contribution is 2.24. The van der Waals surface area contributed by atoms with E-state index in [1.54, 1.807) is 0 Å². The quantitative estimate of drug-likeness (QED) is 0.226. The molecule has 0 saturated carbocycles. The van der Waals surface area contributed by atoms with Gasteiger partial charge in [0.25, 0.3) is 0 Å². The molecule has 0 amide bonds. The van der Waals surface area contributed by atoms with Gasteiger partial charge in [-0.15, -0.1) is 0 Å². The van der Waals surface area contributed by atoms with Gasteiger partial charge in [0.1, 0.15) is 11.6 Å².